The molecule has 4 atom stereocenters. The third kappa shape index (κ3) is 3.85. The SMILES string of the molecule is COC(=O)C(CN1CC(C)CC(C)C1C)c1ccccc1. The molecule has 1 aliphatic heterocycles. The van der Waals surface area contributed by atoms with Crippen molar-refractivity contribution >= 4 is 5.97 Å². The van der Waals surface area contributed by atoms with Crippen molar-refractivity contribution in [2.45, 2.75) is 39.2 Å². The average molecular weight is 289 g/mol. The summed E-state index contributed by atoms with van der Waals surface area (Å²) in [6.45, 7) is 8.68. The second-order valence-corrected chi connectivity index (χ2v) is 6.50. The highest BCUT2D eigenvalue weighted by Crippen LogP contribution is 2.29. The molecule has 0 aromatic heterocycles. The Balaban J connectivity index is 2.17. The molecule has 3 nitrogen and oxygen atoms in total. The molecular formula is C18H27NO2. The number of methoxy groups -OCH3 is 1. The summed E-state index contributed by atoms with van der Waals surface area (Å²) in [5, 5.41) is 0. The van der Waals surface area contributed by atoms with E-state index in [2.05, 4.69) is 25.7 Å². The van der Waals surface area contributed by atoms with Gasteiger partial charge in [0.15, 0.2) is 0 Å². The molecule has 4 unspecified atom stereocenters. The number of likely N-dealkylation sites (tertiary alicyclic amines) is 1. The number of ether oxygens (including phenoxy) is 1. The quantitative estimate of drug-likeness (QED) is 0.796. The molecule has 0 saturated carbocycles. The summed E-state index contributed by atoms with van der Waals surface area (Å²) in [4.78, 5) is 14.7. The number of carbonyl (C=O) groups excluding carboxylic acids is 1. The zero-order valence-corrected chi connectivity index (χ0v) is 13.6. The second-order valence-electron chi connectivity index (χ2n) is 6.50. The number of esters is 1. The third-order valence-electron chi connectivity index (χ3n) is 4.82. The van der Waals surface area contributed by atoms with Crippen molar-refractivity contribution < 1.29 is 9.53 Å². The first-order valence-corrected chi connectivity index (χ1v) is 7.89. The molecule has 1 heterocycles. The van der Waals surface area contributed by atoms with Crippen LogP contribution in [0.4, 0.5) is 0 Å². The van der Waals surface area contributed by atoms with Crippen LogP contribution in [0.3, 0.4) is 0 Å². The van der Waals surface area contributed by atoms with Crippen molar-refractivity contribution in [3.8, 4) is 0 Å². The summed E-state index contributed by atoms with van der Waals surface area (Å²) in [5.41, 5.74) is 1.04. The Kier molecular flexibility index (Phi) is 5.40. The first-order chi connectivity index (χ1) is 10.0. The van der Waals surface area contributed by atoms with Crippen LogP contribution in [0.15, 0.2) is 30.3 Å². The molecule has 1 saturated heterocycles. The van der Waals surface area contributed by atoms with Crippen molar-refractivity contribution in [1.29, 1.82) is 0 Å². The first kappa shape index (κ1) is 16.0. The van der Waals surface area contributed by atoms with Crippen molar-refractivity contribution in [3.05, 3.63) is 35.9 Å². The van der Waals surface area contributed by atoms with Crippen LogP contribution < -0.4 is 0 Å². The number of benzene rings is 1. The number of nitrogens with zero attached hydrogens (tertiary/aromatic N) is 1. The van der Waals surface area contributed by atoms with Gasteiger partial charge in [0.1, 0.15) is 0 Å². The predicted octanol–water partition coefficient (Wildman–Crippen LogP) is 3.31. The van der Waals surface area contributed by atoms with Crippen molar-refractivity contribution in [3.63, 3.8) is 0 Å². The molecule has 21 heavy (non-hydrogen) atoms. The number of hydrogen-bond acceptors (Lipinski definition) is 3. The average Bonchev–Trinajstić information content (AvgIpc) is 2.49. The van der Waals surface area contributed by atoms with E-state index in [4.69, 9.17) is 4.74 Å². The van der Waals surface area contributed by atoms with Crippen LogP contribution in [0.2, 0.25) is 0 Å². The lowest BCUT2D eigenvalue weighted by Gasteiger charge is -2.42. The summed E-state index contributed by atoms with van der Waals surface area (Å²) in [6, 6.07) is 10.5. The van der Waals surface area contributed by atoms with E-state index < -0.39 is 0 Å². The Morgan fingerprint density at radius 3 is 2.57 bits per heavy atom. The Hall–Kier alpha value is -1.35. The normalized spacial score (nSPS) is 28.1. The zero-order chi connectivity index (χ0) is 15.4. The summed E-state index contributed by atoms with van der Waals surface area (Å²) in [6.07, 6.45) is 1.27. The molecule has 0 bridgehead atoms. The van der Waals surface area contributed by atoms with Gasteiger partial charge in [0, 0.05) is 19.1 Å². The van der Waals surface area contributed by atoms with Crippen molar-refractivity contribution in [2.24, 2.45) is 11.8 Å². The molecule has 0 spiro atoms. The van der Waals surface area contributed by atoms with Gasteiger partial charge in [0.25, 0.3) is 0 Å². The van der Waals surface area contributed by atoms with E-state index in [1.165, 1.54) is 13.5 Å². The molecule has 0 aliphatic carbocycles. The van der Waals surface area contributed by atoms with Gasteiger partial charge >= 0.3 is 5.97 Å². The maximum Gasteiger partial charge on any atom is 0.314 e. The zero-order valence-electron chi connectivity index (χ0n) is 13.6. The minimum Gasteiger partial charge on any atom is -0.469 e. The van der Waals surface area contributed by atoms with Crippen LogP contribution in [0.25, 0.3) is 0 Å². The van der Waals surface area contributed by atoms with Gasteiger partial charge in [-0.05, 0) is 30.7 Å². The van der Waals surface area contributed by atoms with Crippen LogP contribution in [-0.2, 0) is 9.53 Å². The van der Waals surface area contributed by atoms with E-state index in [-0.39, 0.29) is 11.9 Å². The van der Waals surface area contributed by atoms with Crippen LogP contribution in [0.1, 0.15) is 38.7 Å². The fourth-order valence-corrected chi connectivity index (χ4v) is 3.45. The van der Waals surface area contributed by atoms with E-state index in [0.717, 1.165) is 18.7 Å². The van der Waals surface area contributed by atoms with E-state index in [1.807, 2.05) is 30.3 Å². The second kappa shape index (κ2) is 7.08. The molecule has 1 aromatic rings. The van der Waals surface area contributed by atoms with E-state index in [1.54, 1.807) is 0 Å². The minimum atomic E-state index is -0.198. The standard InChI is InChI=1S/C18H27NO2/c1-13-10-14(2)15(3)19(11-13)12-17(18(20)21-4)16-8-6-5-7-9-16/h5-9,13-15,17H,10-12H2,1-4H3. The van der Waals surface area contributed by atoms with Gasteiger partial charge in [-0.1, -0.05) is 44.2 Å². The van der Waals surface area contributed by atoms with Crippen LogP contribution in [0.5, 0.6) is 0 Å². The lowest BCUT2D eigenvalue weighted by molar-refractivity contribution is -0.143. The molecule has 116 valence electrons. The minimum absolute atomic E-state index is 0.140. The summed E-state index contributed by atoms with van der Waals surface area (Å²) in [7, 11) is 1.48. The maximum atomic E-state index is 12.2. The Morgan fingerprint density at radius 1 is 1.29 bits per heavy atom. The van der Waals surface area contributed by atoms with Crippen LogP contribution >= 0.6 is 0 Å². The van der Waals surface area contributed by atoms with Gasteiger partial charge in [-0.15, -0.1) is 0 Å². The van der Waals surface area contributed by atoms with Gasteiger partial charge in [-0.25, -0.2) is 0 Å². The van der Waals surface area contributed by atoms with Crippen LogP contribution in [0, 0.1) is 11.8 Å². The topological polar surface area (TPSA) is 29.5 Å². The summed E-state index contributed by atoms with van der Waals surface area (Å²) < 4.78 is 5.03. The molecule has 0 amide bonds. The molecule has 0 N–H and O–H groups in total. The summed E-state index contributed by atoms with van der Waals surface area (Å²) in [5.74, 6) is 1.02. The summed E-state index contributed by atoms with van der Waals surface area (Å²) >= 11 is 0. The first-order valence-electron chi connectivity index (χ1n) is 7.89. The highest BCUT2D eigenvalue weighted by Gasteiger charge is 2.32. The molecular weight excluding hydrogens is 262 g/mol. The molecule has 1 fully saturated rings. The van der Waals surface area contributed by atoms with Gasteiger partial charge in [0.05, 0.1) is 13.0 Å². The smallest absolute Gasteiger partial charge is 0.314 e. The molecule has 1 aliphatic rings. The number of rotatable bonds is 4. The van der Waals surface area contributed by atoms with Crippen molar-refractivity contribution in [1.82, 2.24) is 4.90 Å². The predicted molar refractivity (Wildman–Crippen MR) is 85.2 cm³/mol. The Bertz CT molecular complexity index is 460. The Labute approximate surface area is 128 Å². The largest absolute Gasteiger partial charge is 0.469 e. The number of carbonyl (C=O) groups is 1. The lowest BCUT2D eigenvalue weighted by atomic mass is 9.85. The van der Waals surface area contributed by atoms with Gasteiger partial charge in [-0.3, -0.25) is 9.69 Å². The fraction of sp³-hybridized carbons (Fsp3) is 0.611. The molecule has 2 rings (SSSR count). The van der Waals surface area contributed by atoms with Gasteiger partial charge < -0.3 is 4.74 Å². The Morgan fingerprint density at radius 2 is 1.95 bits per heavy atom. The van der Waals surface area contributed by atoms with Gasteiger partial charge in [0.2, 0.25) is 0 Å². The van der Waals surface area contributed by atoms with E-state index in [0.29, 0.717) is 17.9 Å². The lowest BCUT2D eigenvalue weighted by Crippen LogP contribution is -2.48. The van der Waals surface area contributed by atoms with E-state index >= 15 is 0 Å². The monoisotopic (exact) mass is 289 g/mol. The van der Waals surface area contributed by atoms with Crippen molar-refractivity contribution in [2.75, 3.05) is 20.2 Å². The highest BCUT2D eigenvalue weighted by molar-refractivity contribution is 5.78. The third-order valence-corrected chi connectivity index (χ3v) is 4.82. The number of hydrogen-bond donors (Lipinski definition) is 0. The highest BCUT2D eigenvalue weighted by atomic mass is 16.5. The van der Waals surface area contributed by atoms with Gasteiger partial charge in [-0.2, -0.15) is 0 Å². The molecule has 1 aromatic carbocycles. The maximum absolute atomic E-state index is 12.2. The number of piperidine rings is 1. The molecule has 0 radical (unpaired) electrons. The molecule has 3 heteroatoms. The fourth-order valence-electron chi connectivity index (χ4n) is 3.45. The van der Waals surface area contributed by atoms with Crippen LogP contribution in [-0.4, -0.2) is 37.1 Å². The van der Waals surface area contributed by atoms with E-state index in [9.17, 15) is 4.79 Å².